The van der Waals surface area contributed by atoms with Crippen molar-refractivity contribution in [3.8, 4) is 0 Å². The molecule has 2 aliphatic heterocycles. The number of carbonyl (C=O) groups is 2. The largest absolute Gasteiger partial charge is 0.353 e. The Hall–Kier alpha value is -3.37. The van der Waals surface area contributed by atoms with E-state index >= 15 is 0 Å². The molecule has 1 saturated carbocycles. The molecular weight excluding hydrogens is 473 g/mol. The zero-order valence-electron chi connectivity index (χ0n) is 20.4. The summed E-state index contributed by atoms with van der Waals surface area (Å²) in [6.07, 6.45) is 0.732. The van der Waals surface area contributed by atoms with Crippen molar-refractivity contribution < 1.29 is 22.8 Å². The first-order valence-corrected chi connectivity index (χ1v) is 12.0. The third-order valence-electron chi connectivity index (χ3n) is 7.82. The molecule has 1 aliphatic carbocycles. The van der Waals surface area contributed by atoms with Gasteiger partial charge in [0.2, 0.25) is 11.9 Å². The molecule has 3 atom stereocenters. The van der Waals surface area contributed by atoms with Gasteiger partial charge in [-0.05, 0) is 31.2 Å². The maximum absolute atomic E-state index is 14.8. The number of anilines is 3. The van der Waals surface area contributed by atoms with Crippen molar-refractivity contribution >= 4 is 29.3 Å². The standard InChI is InChI=1S/C25H29F3N6O2/c1-4-29-20(35)15-5-7-16(8-6-15)31-22-30-10-18(26)19(32-22)33-11-23(2)13-34(14-24(23,3)12-33)21(36)17-9-25(17,27)28/h5-8,10,17H,4,9,11-14H2,1-3H3,(H,29,35)(H,30,31,32)/t17?,23-,24+. The first-order chi connectivity index (χ1) is 16.9. The normalized spacial score (nSPS) is 28.1. The van der Waals surface area contributed by atoms with Gasteiger partial charge in [-0.1, -0.05) is 13.8 Å². The first-order valence-electron chi connectivity index (χ1n) is 12.0. The monoisotopic (exact) mass is 502 g/mol. The zero-order chi connectivity index (χ0) is 25.9. The summed E-state index contributed by atoms with van der Waals surface area (Å²) < 4.78 is 41.7. The molecule has 0 radical (unpaired) electrons. The van der Waals surface area contributed by atoms with Crippen LogP contribution in [-0.2, 0) is 4.79 Å². The van der Waals surface area contributed by atoms with Crippen LogP contribution in [0.15, 0.2) is 30.5 Å². The van der Waals surface area contributed by atoms with E-state index in [4.69, 9.17) is 0 Å². The van der Waals surface area contributed by atoms with E-state index in [1.165, 1.54) is 0 Å². The number of carbonyl (C=O) groups excluding carboxylic acids is 2. The molecule has 3 heterocycles. The zero-order valence-corrected chi connectivity index (χ0v) is 20.4. The summed E-state index contributed by atoms with van der Waals surface area (Å²) in [4.78, 5) is 36.4. The number of hydrogen-bond acceptors (Lipinski definition) is 6. The van der Waals surface area contributed by atoms with Crippen molar-refractivity contribution in [2.75, 3.05) is 42.9 Å². The van der Waals surface area contributed by atoms with Gasteiger partial charge in [-0.2, -0.15) is 4.98 Å². The molecule has 2 aromatic rings. The van der Waals surface area contributed by atoms with Gasteiger partial charge in [0.05, 0.1) is 6.20 Å². The quantitative estimate of drug-likeness (QED) is 0.629. The number of nitrogens with one attached hydrogen (secondary N) is 2. The van der Waals surface area contributed by atoms with Crippen molar-refractivity contribution in [1.82, 2.24) is 20.2 Å². The van der Waals surface area contributed by atoms with E-state index in [1.54, 1.807) is 29.2 Å². The number of amides is 2. The topological polar surface area (TPSA) is 90.5 Å². The van der Waals surface area contributed by atoms with Crippen LogP contribution in [0.2, 0.25) is 0 Å². The fourth-order valence-electron chi connectivity index (χ4n) is 5.40. The number of nitrogens with zero attached hydrogens (tertiary/aromatic N) is 4. The summed E-state index contributed by atoms with van der Waals surface area (Å²) in [5, 5.41) is 5.77. The average Bonchev–Trinajstić information content (AvgIpc) is 3.27. The highest BCUT2D eigenvalue weighted by molar-refractivity contribution is 5.94. The van der Waals surface area contributed by atoms with Crippen molar-refractivity contribution in [1.29, 1.82) is 0 Å². The van der Waals surface area contributed by atoms with E-state index in [1.807, 2.05) is 25.7 Å². The Kier molecular flexibility index (Phi) is 5.64. The van der Waals surface area contributed by atoms with Gasteiger partial charge in [0.15, 0.2) is 11.6 Å². The molecule has 0 bridgehead atoms. The smallest absolute Gasteiger partial charge is 0.260 e. The SMILES string of the molecule is CCNC(=O)c1ccc(Nc2ncc(F)c(N3C[C@]4(C)CN(C(=O)C5CC5(F)F)C[C@]4(C)C3)n2)cc1. The number of fused-ring (bicyclic) bond motifs is 1. The lowest BCUT2D eigenvalue weighted by molar-refractivity contribution is -0.134. The van der Waals surface area contributed by atoms with Gasteiger partial charge < -0.3 is 20.4 Å². The van der Waals surface area contributed by atoms with E-state index in [-0.39, 0.29) is 24.1 Å². The van der Waals surface area contributed by atoms with Crippen LogP contribution in [0.4, 0.5) is 30.6 Å². The Bertz CT molecular complexity index is 1190. The van der Waals surface area contributed by atoms with Crippen LogP contribution in [0.3, 0.4) is 0 Å². The Morgan fingerprint density at radius 2 is 1.69 bits per heavy atom. The summed E-state index contributed by atoms with van der Waals surface area (Å²) in [5.74, 6) is -4.96. The first kappa shape index (κ1) is 24.3. The van der Waals surface area contributed by atoms with E-state index in [0.29, 0.717) is 44.0 Å². The van der Waals surface area contributed by atoms with Gasteiger partial charge in [0, 0.05) is 61.2 Å². The number of halogens is 3. The van der Waals surface area contributed by atoms with E-state index in [2.05, 4.69) is 20.6 Å². The number of hydrogen-bond donors (Lipinski definition) is 2. The van der Waals surface area contributed by atoms with Crippen molar-refractivity contribution in [2.24, 2.45) is 16.7 Å². The Balaban J connectivity index is 1.29. The maximum Gasteiger partial charge on any atom is 0.260 e. The number of benzene rings is 1. The van der Waals surface area contributed by atoms with Gasteiger partial charge >= 0.3 is 0 Å². The van der Waals surface area contributed by atoms with Gasteiger partial charge in [0.25, 0.3) is 11.8 Å². The second kappa shape index (κ2) is 8.35. The second-order valence-corrected chi connectivity index (χ2v) is 10.6. The molecule has 1 unspecified atom stereocenters. The lowest BCUT2D eigenvalue weighted by atomic mass is 9.71. The highest BCUT2D eigenvalue weighted by Gasteiger charge is 2.65. The third kappa shape index (κ3) is 4.14. The van der Waals surface area contributed by atoms with E-state index in [9.17, 15) is 22.8 Å². The van der Waals surface area contributed by atoms with Gasteiger partial charge in [-0.15, -0.1) is 0 Å². The minimum absolute atomic E-state index is 0.148. The minimum Gasteiger partial charge on any atom is -0.353 e. The summed E-state index contributed by atoms with van der Waals surface area (Å²) in [6, 6.07) is 6.78. The molecule has 5 rings (SSSR count). The summed E-state index contributed by atoms with van der Waals surface area (Å²) in [5.41, 5.74) is 0.370. The molecule has 2 N–H and O–H groups in total. The summed E-state index contributed by atoms with van der Waals surface area (Å²) >= 11 is 0. The fraction of sp³-hybridized carbons (Fsp3) is 0.520. The molecule has 3 aliphatic rings. The number of aromatic nitrogens is 2. The molecule has 36 heavy (non-hydrogen) atoms. The average molecular weight is 503 g/mol. The van der Waals surface area contributed by atoms with Gasteiger partial charge in [-0.25, -0.2) is 18.2 Å². The molecular formula is C25H29F3N6O2. The molecule has 8 nitrogen and oxygen atoms in total. The Morgan fingerprint density at radius 3 is 2.25 bits per heavy atom. The molecule has 0 spiro atoms. The molecule has 1 aromatic carbocycles. The van der Waals surface area contributed by atoms with Crippen molar-refractivity contribution in [3.63, 3.8) is 0 Å². The summed E-state index contributed by atoms with van der Waals surface area (Å²) in [6.45, 7) is 7.97. The van der Waals surface area contributed by atoms with Crippen LogP contribution >= 0.6 is 0 Å². The molecule has 1 aromatic heterocycles. The molecule has 2 amide bonds. The van der Waals surface area contributed by atoms with Crippen LogP contribution < -0.4 is 15.5 Å². The number of rotatable bonds is 6. The second-order valence-electron chi connectivity index (χ2n) is 10.6. The minimum atomic E-state index is -2.89. The van der Waals surface area contributed by atoms with Crippen molar-refractivity contribution in [3.05, 3.63) is 41.8 Å². The van der Waals surface area contributed by atoms with Crippen LogP contribution in [0.5, 0.6) is 0 Å². The van der Waals surface area contributed by atoms with Crippen LogP contribution in [0.1, 0.15) is 37.6 Å². The highest BCUT2D eigenvalue weighted by Crippen LogP contribution is 2.55. The highest BCUT2D eigenvalue weighted by atomic mass is 19.3. The predicted octanol–water partition coefficient (Wildman–Crippen LogP) is 3.44. The Morgan fingerprint density at radius 1 is 1.08 bits per heavy atom. The maximum atomic E-state index is 14.8. The van der Waals surface area contributed by atoms with E-state index in [0.717, 1.165) is 6.20 Å². The predicted molar refractivity (Wildman–Crippen MR) is 128 cm³/mol. The van der Waals surface area contributed by atoms with Crippen LogP contribution in [0.25, 0.3) is 0 Å². The number of alkyl halides is 2. The molecule has 2 saturated heterocycles. The van der Waals surface area contributed by atoms with Gasteiger partial charge in [-0.3, -0.25) is 9.59 Å². The summed E-state index contributed by atoms with van der Waals surface area (Å²) in [7, 11) is 0. The van der Waals surface area contributed by atoms with Crippen molar-refractivity contribution in [2.45, 2.75) is 33.1 Å². The van der Waals surface area contributed by atoms with E-state index < -0.39 is 34.4 Å². The lowest BCUT2D eigenvalue weighted by Gasteiger charge is -2.29. The van der Waals surface area contributed by atoms with Crippen LogP contribution in [0, 0.1) is 22.6 Å². The fourth-order valence-corrected chi connectivity index (χ4v) is 5.40. The lowest BCUT2D eigenvalue weighted by Crippen LogP contribution is -2.37. The molecule has 192 valence electrons. The molecule has 3 fully saturated rings. The Labute approximate surface area is 207 Å². The molecule has 11 heteroatoms. The van der Waals surface area contributed by atoms with Gasteiger partial charge in [0.1, 0.15) is 5.92 Å². The number of likely N-dealkylation sites (tertiary alicyclic amines) is 1. The third-order valence-corrected chi connectivity index (χ3v) is 7.82. The van der Waals surface area contributed by atoms with Crippen LogP contribution in [-0.4, -0.2) is 65.3 Å².